The third-order valence-electron chi connectivity index (χ3n) is 5.42. The number of nitrogens with zero attached hydrogens (tertiary/aromatic N) is 2. The summed E-state index contributed by atoms with van der Waals surface area (Å²) in [5, 5.41) is 13.1. The van der Waals surface area contributed by atoms with Crippen LogP contribution in [0, 0.1) is 10.1 Å². The van der Waals surface area contributed by atoms with Crippen molar-refractivity contribution >= 4 is 45.5 Å². The van der Waals surface area contributed by atoms with E-state index in [0.717, 1.165) is 37.0 Å². The third kappa shape index (κ3) is 4.15. The number of nitro groups is 1. The SMILES string of the molecule is O=C1NC(=O)N(C2CCCCC2)C(=O)C1=Cc1ccc(-c2ccc([N+](=O)[O-])cc2Br)o1. The van der Waals surface area contributed by atoms with Gasteiger partial charge in [-0.15, -0.1) is 0 Å². The molecule has 1 aliphatic heterocycles. The van der Waals surface area contributed by atoms with E-state index in [2.05, 4.69) is 21.2 Å². The van der Waals surface area contributed by atoms with Crippen LogP contribution in [0.15, 0.2) is 44.8 Å². The van der Waals surface area contributed by atoms with Gasteiger partial charge in [0.25, 0.3) is 17.5 Å². The Morgan fingerprint density at radius 2 is 1.87 bits per heavy atom. The van der Waals surface area contributed by atoms with Gasteiger partial charge in [0, 0.05) is 28.2 Å². The predicted molar refractivity (Wildman–Crippen MR) is 114 cm³/mol. The standard InChI is InChI=1S/C21H18BrN3O6/c22-17-10-13(25(29)30)6-8-15(17)18-9-7-14(31-18)11-16-19(26)23-21(28)24(20(16)27)12-4-2-1-3-5-12/h6-12H,1-5H2,(H,23,26,28). The van der Waals surface area contributed by atoms with Crippen LogP contribution >= 0.6 is 15.9 Å². The van der Waals surface area contributed by atoms with Crippen LogP contribution in [-0.4, -0.2) is 33.7 Å². The molecule has 0 spiro atoms. The molecule has 0 unspecified atom stereocenters. The zero-order valence-electron chi connectivity index (χ0n) is 16.3. The fourth-order valence-electron chi connectivity index (χ4n) is 3.88. The van der Waals surface area contributed by atoms with Crippen molar-refractivity contribution < 1.29 is 23.7 Å². The Bertz CT molecular complexity index is 1120. The Morgan fingerprint density at radius 1 is 1.13 bits per heavy atom. The monoisotopic (exact) mass is 487 g/mol. The average molecular weight is 488 g/mol. The Kier molecular flexibility index (Phi) is 5.73. The van der Waals surface area contributed by atoms with E-state index in [1.165, 1.54) is 18.2 Å². The lowest BCUT2D eigenvalue weighted by atomic mass is 9.93. The highest BCUT2D eigenvalue weighted by Gasteiger charge is 2.40. The van der Waals surface area contributed by atoms with E-state index in [0.29, 0.717) is 15.8 Å². The van der Waals surface area contributed by atoms with Gasteiger partial charge < -0.3 is 4.42 Å². The Balaban J connectivity index is 1.62. The number of hydrogen-bond acceptors (Lipinski definition) is 6. The van der Waals surface area contributed by atoms with Crippen LogP contribution in [0.1, 0.15) is 37.9 Å². The first-order valence-electron chi connectivity index (χ1n) is 9.80. The van der Waals surface area contributed by atoms with Gasteiger partial charge in [0.1, 0.15) is 17.1 Å². The molecule has 1 N–H and O–H groups in total. The molecule has 1 aromatic carbocycles. The molecule has 1 aliphatic carbocycles. The predicted octanol–water partition coefficient (Wildman–Crippen LogP) is 4.41. The number of nitrogens with one attached hydrogen (secondary N) is 1. The minimum absolute atomic E-state index is 0.0681. The second-order valence-corrected chi connectivity index (χ2v) is 8.26. The lowest BCUT2D eigenvalue weighted by molar-refractivity contribution is -0.384. The number of rotatable bonds is 4. The molecule has 0 bridgehead atoms. The summed E-state index contributed by atoms with van der Waals surface area (Å²) < 4.78 is 6.21. The van der Waals surface area contributed by atoms with Gasteiger partial charge in [-0.2, -0.15) is 0 Å². The number of furan rings is 1. The van der Waals surface area contributed by atoms with Gasteiger partial charge >= 0.3 is 6.03 Å². The summed E-state index contributed by atoms with van der Waals surface area (Å²) >= 11 is 3.30. The lowest BCUT2D eigenvalue weighted by Gasteiger charge is -2.35. The van der Waals surface area contributed by atoms with Crippen molar-refractivity contribution in [3.8, 4) is 11.3 Å². The smallest absolute Gasteiger partial charge is 0.331 e. The van der Waals surface area contributed by atoms with E-state index in [4.69, 9.17) is 4.42 Å². The number of carbonyl (C=O) groups excluding carboxylic acids is 3. The minimum atomic E-state index is -0.767. The van der Waals surface area contributed by atoms with Crippen molar-refractivity contribution in [2.75, 3.05) is 0 Å². The molecule has 160 valence electrons. The summed E-state index contributed by atoms with van der Waals surface area (Å²) in [6.07, 6.45) is 5.68. The summed E-state index contributed by atoms with van der Waals surface area (Å²) in [5.74, 6) is -0.749. The molecule has 1 saturated heterocycles. The number of barbiturate groups is 1. The van der Waals surface area contributed by atoms with E-state index in [9.17, 15) is 24.5 Å². The number of non-ortho nitro benzene ring substituents is 1. The molecule has 2 aliphatic rings. The van der Waals surface area contributed by atoms with E-state index in [1.807, 2.05) is 0 Å². The van der Waals surface area contributed by atoms with Crippen molar-refractivity contribution in [2.45, 2.75) is 38.1 Å². The summed E-state index contributed by atoms with van der Waals surface area (Å²) in [7, 11) is 0. The highest BCUT2D eigenvalue weighted by molar-refractivity contribution is 9.10. The van der Waals surface area contributed by atoms with E-state index in [1.54, 1.807) is 18.2 Å². The molecular weight excluding hydrogens is 470 g/mol. The molecule has 2 aromatic rings. The summed E-state index contributed by atoms with van der Waals surface area (Å²) in [6, 6.07) is 6.56. The molecule has 1 aromatic heterocycles. The summed E-state index contributed by atoms with van der Waals surface area (Å²) in [6.45, 7) is 0. The Morgan fingerprint density at radius 3 is 2.55 bits per heavy atom. The molecule has 2 heterocycles. The molecule has 31 heavy (non-hydrogen) atoms. The van der Waals surface area contributed by atoms with Crippen molar-refractivity contribution in [3.63, 3.8) is 0 Å². The molecule has 0 radical (unpaired) electrons. The second-order valence-electron chi connectivity index (χ2n) is 7.41. The van der Waals surface area contributed by atoms with Crippen LogP contribution in [0.3, 0.4) is 0 Å². The van der Waals surface area contributed by atoms with Gasteiger partial charge in [-0.25, -0.2) is 4.79 Å². The largest absolute Gasteiger partial charge is 0.457 e. The Hall–Kier alpha value is -3.27. The van der Waals surface area contributed by atoms with E-state index >= 15 is 0 Å². The van der Waals surface area contributed by atoms with Crippen LogP contribution in [-0.2, 0) is 9.59 Å². The molecule has 9 nitrogen and oxygen atoms in total. The van der Waals surface area contributed by atoms with Gasteiger partial charge in [0.15, 0.2) is 0 Å². The number of benzene rings is 1. The van der Waals surface area contributed by atoms with Crippen LogP contribution in [0.25, 0.3) is 17.4 Å². The van der Waals surface area contributed by atoms with Gasteiger partial charge in [0.2, 0.25) is 0 Å². The number of amides is 4. The number of urea groups is 1. The first kappa shape index (κ1) is 21.0. The third-order valence-corrected chi connectivity index (χ3v) is 6.07. The van der Waals surface area contributed by atoms with Crippen molar-refractivity contribution in [1.29, 1.82) is 0 Å². The number of hydrogen-bond donors (Lipinski definition) is 1. The van der Waals surface area contributed by atoms with Gasteiger partial charge in [-0.05, 0) is 53.0 Å². The van der Waals surface area contributed by atoms with E-state index < -0.39 is 22.8 Å². The molecule has 0 atom stereocenters. The van der Waals surface area contributed by atoms with Gasteiger partial charge in [-0.3, -0.25) is 29.9 Å². The zero-order chi connectivity index (χ0) is 22.1. The highest BCUT2D eigenvalue weighted by atomic mass is 79.9. The topological polar surface area (TPSA) is 123 Å². The maximum Gasteiger partial charge on any atom is 0.331 e. The maximum atomic E-state index is 12.9. The van der Waals surface area contributed by atoms with Crippen LogP contribution in [0.5, 0.6) is 0 Å². The van der Waals surface area contributed by atoms with Crippen molar-refractivity contribution in [3.05, 3.63) is 56.3 Å². The number of carbonyl (C=O) groups is 3. The van der Waals surface area contributed by atoms with Crippen molar-refractivity contribution in [1.82, 2.24) is 10.2 Å². The van der Waals surface area contributed by atoms with Crippen molar-refractivity contribution in [2.24, 2.45) is 0 Å². The second kappa shape index (κ2) is 8.46. The normalized spacial score (nSPS) is 19.1. The molecular formula is C21H18BrN3O6. The first-order chi connectivity index (χ1) is 14.8. The molecule has 4 amide bonds. The van der Waals surface area contributed by atoms with Gasteiger partial charge in [0.05, 0.1) is 4.92 Å². The van der Waals surface area contributed by atoms with Crippen LogP contribution < -0.4 is 5.32 Å². The minimum Gasteiger partial charge on any atom is -0.457 e. The summed E-state index contributed by atoms with van der Waals surface area (Å²) in [4.78, 5) is 49.1. The van der Waals surface area contributed by atoms with E-state index in [-0.39, 0.29) is 23.1 Å². The Labute approximate surface area is 185 Å². The fourth-order valence-corrected chi connectivity index (χ4v) is 4.44. The quantitative estimate of drug-likeness (QED) is 0.294. The highest BCUT2D eigenvalue weighted by Crippen LogP contribution is 2.33. The zero-order valence-corrected chi connectivity index (χ0v) is 17.9. The molecule has 10 heteroatoms. The first-order valence-corrected chi connectivity index (χ1v) is 10.6. The molecule has 4 rings (SSSR count). The number of nitro benzene ring substituents is 1. The molecule has 1 saturated carbocycles. The van der Waals surface area contributed by atoms with Crippen LogP contribution in [0.4, 0.5) is 10.5 Å². The van der Waals surface area contributed by atoms with Crippen LogP contribution in [0.2, 0.25) is 0 Å². The lowest BCUT2D eigenvalue weighted by Crippen LogP contribution is -2.58. The number of imide groups is 2. The number of halogens is 1. The van der Waals surface area contributed by atoms with Gasteiger partial charge in [-0.1, -0.05) is 19.3 Å². The fraction of sp³-hybridized carbons (Fsp3) is 0.286. The summed E-state index contributed by atoms with van der Waals surface area (Å²) in [5.41, 5.74) is 0.337. The molecule has 2 fully saturated rings. The maximum absolute atomic E-state index is 12.9. The average Bonchev–Trinajstić information content (AvgIpc) is 3.20.